The van der Waals surface area contributed by atoms with Crippen molar-refractivity contribution in [2.24, 2.45) is 12.0 Å². The molecule has 0 saturated carbocycles. The van der Waals surface area contributed by atoms with Gasteiger partial charge in [0.15, 0.2) is 0 Å². The predicted molar refractivity (Wildman–Crippen MR) is 114 cm³/mol. The molecular formula is C22H24FN5O2. The number of nitrogens with zero attached hydrogens (tertiary/aromatic N) is 3. The summed E-state index contributed by atoms with van der Waals surface area (Å²) in [4.78, 5) is 17.2. The number of carbonyl (C=O) groups is 1. The third-order valence-corrected chi connectivity index (χ3v) is 4.76. The monoisotopic (exact) mass is 409 g/mol. The first kappa shape index (κ1) is 21.0. The number of benzene rings is 2. The summed E-state index contributed by atoms with van der Waals surface area (Å²) in [7, 11) is 3.42. The van der Waals surface area contributed by atoms with Crippen LogP contribution < -0.4 is 15.4 Å². The number of carbonyl (C=O) groups excluding carboxylic acids is 1. The second-order valence-electron chi connectivity index (χ2n) is 6.70. The lowest BCUT2D eigenvalue weighted by Crippen LogP contribution is -2.36. The van der Waals surface area contributed by atoms with Gasteiger partial charge in [-0.3, -0.25) is 14.8 Å². The summed E-state index contributed by atoms with van der Waals surface area (Å²) in [5.74, 6) is -0.450. The molecule has 8 heteroatoms. The largest absolute Gasteiger partial charge is 0.495 e. The average molecular weight is 409 g/mol. The van der Waals surface area contributed by atoms with E-state index in [0.717, 1.165) is 17.0 Å². The number of nitrogens with one attached hydrogen (secondary N) is 2. The van der Waals surface area contributed by atoms with Crippen LogP contribution in [0.1, 0.15) is 27.3 Å². The van der Waals surface area contributed by atoms with E-state index in [9.17, 15) is 9.18 Å². The highest BCUT2D eigenvalue weighted by Crippen LogP contribution is 2.23. The Morgan fingerprint density at radius 1 is 1.17 bits per heavy atom. The zero-order valence-electron chi connectivity index (χ0n) is 17.4. The topological polar surface area (TPSA) is 80.5 Å². The molecule has 0 aliphatic carbocycles. The number of anilines is 1. The van der Waals surface area contributed by atoms with Gasteiger partial charge in [0.1, 0.15) is 11.6 Å². The molecule has 0 aliphatic rings. The van der Waals surface area contributed by atoms with Crippen LogP contribution in [0.3, 0.4) is 0 Å². The number of rotatable bonds is 5. The number of aliphatic imine (C=N–C) groups is 1. The zero-order chi connectivity index (χ0) is 21.7. The Morgan fingerprint density at radius 2 is 1.87 bits per heavy atom. The van der Waals surface area contributed by atoms with Gasteiger partial charge in [-0.15, -0.1) is 0 Å². The number of para-hydroxylation sites is 2. The Labute approximate surface area is 174 Å². The van der Waals surface area contributed by atoms with Gasteiger partial charge in [-0.05, 0) is 38.1 Å². The van der Waals surface area contributed by atoms with Crippen LogP contribution in [0.2, 0.25) is 0 Å². The van der Waals surface area contributed by atoms with Crippen LogP contribution in [0.4, 0.5) is 10.1 Å². The molecule has 3 aromatic rings. The molecule has 0 saturated heterocycles. The van der Waals surface area contributed by atoms with E-state index in [4.69, 9.17) is 4.74 Å². The number of halogens is 1. The number of hydrogen-bond donors (Lipinski definition) is 2. The molecular weight excluding hydrogens is 385 g/mol. The van der Waals surface area contributed by atoms with Crippen molar-refractivity contribution in [3.63, 3.8) is 0 Å². The van der Waals surface area contributed by atoms with Gasteiger partial charge >= 0.3 is 0 Å². The second-order valence-corrected chi connectivity index (χ2v) is 6.70. The molecule has 1 aromatic heterocycles. The van der Waals surface area contributed by atoms with Crippen molar-refractivity contribution in [2.75, 3.05) is 12.4 Å². The van der Waals surface area contributed by atoms with Crippen LogP contribution in [-0.2, 0) is 13.6 Å². The van der Waals surface area contributed by atoms with Gasteiger partial charge in [-0.1, -0.05) is 24.3 Å². The number of guanidine groups is 1. The molecule has 156 valence electrons. The van der Waals surface area contributed by atoms with Crippen LogP contribution in [0.5, 0.6) is 5.75 Å². The van der Waals surface area contributed by atoms with Gasteiger partial charge < -0.3 is 10.1 Å². The van der Waals surface area contributed by atoms with E-state index >= 15 is 0 Å². The molecule has 0 fully saturated rings. The minimum absolute atomic E-state index is 0.0687. The number of hydrogen-bond acceptors (Lipinski definition) is 4. The highest BCUT2D eigenvalue weighted by atomic mass is 19.1. The van der Waals surface area contributed by atoms with Crippen LogP contribution in [-0.4, -0.2) is 28.8 Å². The van der Waals surface area contributed by atoms with Crippen LogP contribution in [0, 0.1) is 19.7 Å². The minimum atomic E-state index is -0.606. The zero-order valence-corrected chi connectivity index (χ0v) is 17.4. The van der Waals surface area contributed by atoms with Crippen molar-refractivity contribution in [1.29, 1.82) is 0 Å². The van der Waals surface area contributed by atoms with Crippen molar-refractivity contribution >= 4 is 17.6 Å². The van der Waals surface area contributed by atoms with Gasteiger partial charge in [-0.2, -0.15) is 5.10 Å². The fraction of sp³-hybridized carbons (Fsp3) is 0.227. The summed E-state index contributed by atoms with van der Waals surface area (Å²) in [6.45, 7) is 4.15. The Balaban J connectivity index is 1.91. The quantitative estimate of drug-likeness (QED) is 0.499. The molecule has 2 N–H and O–H groups in total. The normalized spacial score (nSPS) is 11.3. The minimum Gasteiger partial charge on any atom is -0.495 e. The Kier molecular flexibility index (Phi) is 6.46. The van der Waals surface area contributed by atoms with Gasteiger partial charge in [0.25, 0.3) is 5.91 Å². The SMILES string of the molecule is COc1ccccc1NC(=NCc1c(C)nn(C)c1C)NC(=O)c1ccccc1F. The lowest BCUT2D eigenvalue weighted by atomic mass is 10.2. The first-order valence-electron chi connectivity index (χ1n) is 9.40. The molecule has 0 radical (unpaired) electrons. The van der Waals surface area contributed by atoms with Gasteiger partial charge in [0.05, 0.1) is 30.6 Å². The Hall–Kier alpha value is -3.68. The van der Waals surface area contributed by atoms with E-state index in [1.54, 1.807) is 30.0 Å². The van der Waals surface area contributed by atoms with Crippen molar-refractivity contribution in [3.05, 3.63) is 76.9 Å². The lowest BCUT2D eigenvalue weighted by Gasteiger charge is -2.14. The molecule has 7 nitrogen and oxygen atoms in total. The first-order chi connectivity index (χ1) is 14.4. The summed E-state index contributed by atoms with van der Waals surface area (Å²) in [6, 6.07) is 13.0. The van der Waals surface area contributed by atoms with Crippen LogP contribution in [0.15, 0.2) is 53.5 Å². The predicted octanol–water partition coefficient (Wildman–Crippen LogP) is 3.58. The number of amides is 1. The van der Waals surface area contributed by atoms with E-state index in [2.05, 4.69) is 20.7 Å². The Bertz CT molecular complexity index is 1090. The van der Waals surface area contributed by atoms with Crippen molar-refractivity contribution < 1.29 is 13.9 Å². The average Bonchev–Trinajstić information content (AvgIpc) is 2.98. The maximum Gasteiger partial charge on any atom is 0.260 e. The van der Waals surface area contributed by atoms with Crippen LogP contribution >= 0.6 is 0 Å². The first-order valence-corrected chi connectivity index (χ1v) is 9.40. The van der Waals surface area contributed by atoms with Crippen molar-refractivity contribution in [2.45, 2.75) is 20.4 Å². The fourth-order valence-electron chi connectivity index (χ4n) is 3.01. The molecule has 1 heterocycles. The summed E-state index contributed by atoms with van der Waals surface area (Å²) in [5.41, 5.74) is 3.34. The molecule has 0 spiro atoms. The number of methoxy groups -OCH3 is 1. The van der Waals surface area contributed by atoms with Crippen LogP contribution in [0.25, 0.3) is 0 Å². The summed E-state index contributed by atoms with van der Waals surface area (Å²) >= 11 is 0. The summed E-state index contributed by atoms with van der Waals surface area (Å²) in [5, 5.41) is 10.1. The van der Waals surface area contributed by atoms with E-state index in [1.807, 2.05) is 33.0 Å². The third-order valence-electron chi connectivity index (χ3n) is 4.76. The van der Waals surface area contributed by atoms with Crippen molar-refractivity contribution in [1.82, 2.24) is 15.1 Å². The number of aromatic nitrogens is 2. The standard InChI is InChI=1S/C22H24FN5O2/c1-14-17(15(2)28(3)27-14)13-24-22(25-19-11-7-8-12-20(19)30-4)26-21(29)16-9-5-6-10-18(16)23/h5-12H,13H2,1-4H3,(H2,24,25,26,29). The number of aryl methyl sites for hydroxylation is 2. The molecule has 0 unspecified atom stereocenters. The maximum absolute atomic E-state index is 14.0. The fourth-order valence-corrected chi connectivity index (χ4v) is 3.01. The highest BCUT2D eigenvalue weighted by Gasteiger charge is 2.15. The molecule has 0 atom stereocenters. The molecule has 1 amide bonds. The molecule has 0 bridgehead atoms. The highest BCUT2D eigenvalue weighted by molar-refractivity contribution is 6.10. The van der Waals surface area contributed by atoms with Gasteiger partial charge in [0, 0.05) is 18.3 Å². The smallest absolute Gasteiger partial charge is 0.260 e. The molecule has 30 heavy (non-hydrogen) atoms. The third kappa shape index (κ3) is 4.65. The lowest BCUT2D eigenvalue weighted by molar-refractivity contribution is 0.0973. The van der Waals surface area contributed by atoms with E-state index in [0.29, 0.717) is 18.0 Å². The molecule has 2 aromatic carbocycles. The summed E-state index contributed by atoms with van der Waals surface area (Å²) in [6.07, 6.45) is 0. The molecule has 3 rings (SSSR count). The number of ether oxygens (including phenoxy) is 1. The Morgan fingerprint density at radius 3 is 2.53 bits per heavy atom. The van der Waals surface area contributed by atoms with E-state index < -0.39 is 11.7 Å². The maximum atomic E-state index is 14.0. The van der Waals surface area contributed by atoms with Crippen molar-refractivity contribution in [3.8, 4) is 5.75 Å². The van der Waals surface area contributed by atoms with E-state index in [1.165, 1.54) is 18.2 Å². The summed E-state index contributed by atoms with van der Waals surface area (Å²) < 4.78 is 21.2. The van der Waals surface area contributed by atoms with E-state index in [-0.39, 0.29) is 11.5 Å². The van der Waals surface area contributed by atoms with Gasteiger partial charge in [0.2, 0.25) is 5.96 Å². The second kappa shape index (κ2) is 9.21. The molecule has 0 aliphatic heterocycles. The van der Waals surface area contributed by atoms with Gasteiger partial charge in [-0.25, -0.2) is 9.38 Å².